The molecule has 126 valence electrons. The van der Waals surface area contributed by atoms with Crippen LogP contribution in [0.15, 0.2) is 54.6 Å². The van der Waals surface area contributed by atoms with Gasteiger partial charge in [-0.2, -0.15) is 0 Å². The zero-order valence-corrected chi connectivity index (χ0v) is 13.4. The fraction of sp³-hybridized carbons (Fsp3) is 0.0526. The number of carbonyl (C=O) groups is 2. The van der Waals surface area contributed by atoms with E-state index in [1.54, 1.807) is 37.4 Å². The first-order valence-corrected chi connectivity index (χ1v) is 7.54. The minimum absolute atomic E-state index is 0.126. The third-order valence-corrected chi connectivity index (χ3v) is 3.78. The smallest absolute Gasteiger partial charge is 0.267 e. The van der Waals surface area contributed by atoms with Crippen LogP contribution in [0.1, 0.15) is 21.6 Å². The number of hydrogen-bond acceptors (Lipinski definition) is 4. The Bertz CT molecular complexity index is 955. The minimum Gasteiger partial charge on any atom is -0.497 e. The van der Waals surface area contributed by atoms with Gasteiger partial charge in [0.05, 0.1) is 12.8 Å². The molecule has 0 aliphatic carbocycles. The zero-order chi connectivity index (χ0) is 17.8. The van der Waals surface area contributed by atoms with E-state index in [9.17, 15) is 9.59 Å². The molecule has 1 amide bonds. The van der Waals surface area contributed by atoms with Gasteiger partial charge >= 0.3 is 0 Å². The molecule has 2 aromatic carbocycles. The van der Waals surface area contributed by atoms with Gasteiger partial charge in [-0.05, 0) is 35.9 Å². The van der Waals surface area contributed by atoms with Gasteiger partial charge in [-0.1, -0.05) is 24.3 Å². The number of hydroxylamine groups is 1. The Morgan fingerprint density at radius 1 is 1.12 bits per heavy atom. The average molecular weight is 336 g/mol. The standard InChI is InChI=1S/C19H16N2O4/c1-25-15-7-8-16-14(10-15)11-17(20-16)19(23)13-5-2-12(3-6-13)4-9-18(22)21-24/h2-11,20,24H,1H3,(H,21,22)/b9-4+. The fourth-order valence-electron chi connectivity index (χ4n) is 2.47. The summed E-state index contributed by atoms with van der Waals surface area (Å²) in [7, 11) is 1.60. The third kappa shape index (κ3) is 3.59. The Kier molecular flexibility index (Phi) is 4.63. The number of nitrogens with one attached hydrogen (secondary N) is 2. The molecule has 1 aromatic heterocycles. The number of methoxy groups -OCH3 is 1. The highest BCUT2D eigenvalue weighted by molar-refractivity contribution is 6.10. The van der Waals surface area contributed by atoms with Crippen LogP contribution in [0.5, 0.6) is 5.75 Å². The van der Waals surface area contributed by atoms with Crippen LogP contribution in [0.25, 0.3) is 17.0 Å². The molecule has 0 fully saturated rings. The predicted molar refractivity (Wildman–Crippen MR) is 93.7 cm³/mol. The quantitative estimate of drug-likeness (QED) is 0.289. The average Bonchev–Trinajstić information content (AvgIpc) is 3.08. The number of rotatable bonds is 5. The Labute approximate surface area is 143 Å². The monoisotopic (exact) mass is 336 g/mol. The van der Waals surface area contributed by atoms with Gasteiger partial charge in [0.25, 0.3) is 5.91 Å². The summed E-state index contributed by atoms with van der Waals surface area (Å²) in [6, 6.07) is 14.2. The van der Waals surface area contributed by atoms with E-state index in [0.29, 0.717) is 11.3 Å². The number of hydrogen-bond donors (Lipinski definition) is 3. The Hall–Kier alpha value is -3.38. The van der Waals surface area contributed by atoms with Crippen LogP contribution in [-0.4, -0.2) is 29.0 Å². The van der Waals surface area contributed by atoms with Gasteiger partial charge in [-0.3, -0.25) is 14.8 Å². The Morgan fingerprint density at radius 3 is 2.56 bits per heavy atom. The number of aromatic nitrogens is 1. The summed E-state index contributed by atoms with van der Waals surface area (Å²) in [5, 5.41) is 9.34. The predicted octanol–water partition coefficient (Wildman–Crippen LogP) is 2.93. The molecule has 1 heterocycles. The maximum Gasteiger partial charge on any atom is 0.267 e. The van der Waals surface area contributed by atoms with Crippen LogP contribution < -0.4 is 10.2 Å². The van der Waals surface area contributed by atoms with Gasteiger partial charge in [-0.25, -0.2) is 5.48 Å². The van der Waals surface area contributed by atoms with Crippen molar-refractivity contribution in [2.75, 3.05) is 7.11 Å². The van der Waals surface area contributed by atoms with E-state index >= 15 is 0 Å². The molecule has 0 bridgehead atoms. The van der Waals surface area contributed by atoms with Crippen molar-refractivity contribution in [3.63, 3.8) is 0 Å². The molecular weight excluding hydrogens is 320 g/mol. The molecule has 0 aliphatic heterocycles. The molecule has 0 spiro atoms. The van der Waals surface area contributed by atoms with Crippen molar-refractivity contribution in [2.45, 2.75) is 0 Å². The molecule has 3 aromatic rings. The molecule has 0 unspecified atom stereocenters. The molecule has 3 N–H and O–H groups in total. The van der Waals surface area contributed by atoms with Crippen LogP contribution in [0.3, 0.4) is 0 Å². The lowest BCUT2D eigenvalue weighted by atomic mass is 10.1. The van der Waals surface area contributed by atoms with E-state index < -0.39 is 5.91 Å². The molecule has 6 nitrogen and oxygen atoms in total. The van der Waals surface area contributed by atoms with E-state index in [2.05, 4.69) is 4.98 Å². The van der Waals surface area contributed by atoms with Gasteiger partial charge in [0.2, 0.25) is 5.78 Å². The minimum atomic E-state index is -0.617. The Morgan fingerprint density at radius 2 is 1.88 bits per heavy atom. The second-order valence-corrected chi connectivity index (χ2v) is 5.40. The Balaban J connectivity index is 1.83. The number of fused-ring (bicyclic) bond motifs is 1. The molecule has 0 radical (unpaired) electrons. The summed E-state index contributed by atoms with van der Waals surface area (Å²) < 4.78 is 5.19. The van der Waals surface area contributed by atoms with Crippen LogP contribution in [0.2, 0.25) is 0 Å². The van der Waals surface area contributed by atoms with E-state index in [0.717, 1.165) is 22.2 Å². The first-order chi connectivity index (χ1) is 12.1. The van der Waals surface area contributed by atoms with Gasteiger partial charge in [0, 0.05) is 22.5 Å². The van der Waals surface area contributed by atoms with Crippen LogP contribution in [0.4, 0.5) is 0 Å². The molecule has 25 heavy (non-hydrogen) atoms. The highest BCUT2D eigenvalue weighted by atomic mass is 16.5. The summed E-state index contributed by atoms with van der Waals surface area (Å²) >= 11 is 0. The second kappa shape index (κ2) is 7.02. The number of amides is 1. The normalized spacial score (nSPS) is 11.0. The second-order valence-electron chi connectivity index (χ2n) is 5.40. The number of benzene rings is 2. The van der Waals surface area contributed by atoms with Crippen molar-refractivity contribution in [3.8, 4) is 5.75 Å². The lowest BCUT2D eigenvalue weighted by molar-refractivity contribution is -0.124. The fourth-order valence-corrected chi connectivity index (χ4v) is 2.47. The molecule has 6 heteroatoms. The van der Waals surface area contributed by atoms with E-state index in [1.807, 2.05) is 18.2 Å². The number of aromatic amines is 1. The summed E-state index contributed by atoms with van der Waals surface area (Å²) in [6.07, 6.45) is 2.73. The van der Waals surface area contributed by atoms with Gasteiger partial charge in [0.15, 0.2) is 0 Å². The van der Waals surface area contributed by atoms with Crippen LogP contribution in [0, 0.1) is 0 Å². The zero-order valence-electron chi connectivity index (χ0n) is 13.4. The third-order valence-electron chi connectivity index (χ3n) is 3.78. The molecular formula is C19H16N2O4. The maximum atomic E-state index is 12.6. The van der Waals surface area contributed by atoms with Crippen molar-refractivity contribution in [2.24, 2.45) is 0 Å². The van der Waals surface area contributed by atoms with Crippen LogP contribution >= 0.6 is 0 Å². The van der Waals surface area contributed by atoms with E-state index in [-0.39, 0.29) is 5.78 Å². The summed E-state index contributed by atoms with van der Waals surface area (Å²) in [5.41, 5.74) is 4.13. The first kappa shape index (κ1) is 16.5. The lowest BCUT2D eigenvalue weighted by Crippen LogP contribution is -2.14. The van der Waals surface area contributed by atoms with Crippen molar-refractivity contribution in [3.05, 3.63) is 71.4 Å². The maximum absolute atomic E-state index is 12.6. The summed E-state index contributed by atoms with van der Waals surface area (Å²) in [6.45, 7) is 0. The van der Waals surface area contributed by atoms with E-state index in [4.69, 9.17) is 9.94 Å². The van der Waals surface area contributed by atoms with Crippen molar-refractivity contribution >= 4 is 28.7 Å². The number of H-pyrrole nitrogens is 1. The van der Waals surface area contributed by atoms with Gasteiger partial charge < -0.3 is 9.72 Å². The highest BCUT2D eigenvalue weighted by Gasteiger charge is 2.12. The summed E-state index contributed by atoms with van der Waals surface area (Å²) in [4.78, 5) is 26.7. The van der Waals surface area contributed by atoms with Crippen LogP contribution in [-0.2, 0) is 4.79 Å². The largest absolute Gasteiger partial charge is 0.497 e. The van der Waals surface area contributed by atoms with E-state index in [1.165, 1.54) is 17.6 Å². The first-order valence-electron chi connectivity index (χ1n) is 7.54. The van der Waals surface area contributed by atoms with Gasteiger partial charge in [-0.15, -0.1) is 0 Å². The topological polar surface area (TPSA) is 91.4 Å². The summed E-state index contributed by atoms with van der Waals surface area (Å²) in [5.74, 6) is -0.0130. The number of ketones is 1. The number of ether oxygens (including phenoxy) is 1. The molecule has 0 atom stereocenters. The van der Waals surface area contributed by atoms with Crippen molar-refractivity contribution in [1.82, 2.24) is 10.5 Å². The van der Waals surface area contributed by atoms with Crippen molar-refractivity contribution < 1.29 is 19.5 Å². The van der Waals surface area contributed by atoms with Crippen molar-refractivity contribution in [1.29, 1.82) is 0 Å². The lowest BCUT2D eigenvalue weighted by Gasteiger charge is -2.00. The molecule has 3 rings (SSSR count). The van der Waals surface area contributed by atoms with Gasteiger partial charge in [0.1, 0.15) is 5.75 Å². The molecule has 0 aliphatic rings. The highest BCUT2D eigenvalue weighted by Crippen LogP contribution is 2.23. The number of carbonyl (C=O) groups excluding carboxylic acids is 2. The SMILES string of the molecule is COc1ccc2[nH]c(C(=O)c3ccc(/C=C/C(=O)NO)cc3)cc2c1. The molecule has 0 saturated heterocycles. The molecule has 0 saturated carbocycles.